The van der Waals surface area contributed by atoms with Gasteiger partial charge in [-0.15, -0.1) is 0 Å². The second-order valence-corrected chi connectivity index (χ2v) is 5.66. The summed E-state index contributed by atoms with van der Waals surface area (Å²) in [5, 5.41) is 8.51. The first-order chi connectivity index (χ1) is 11.6. The van der Waals surface area contributed by atoms with Gasteiger partial charge in [-0.25, -0.2) is 4.68 Å². The van der Waals surface area contributed by atoms with E-state index in [1.807, 2.05) is 49.4 Å². The molecular weight excluding hydrogens is 302 g/mol. The maximum Gasteiger partial charge on any atom is 0.274 e. The van der Waals surface area contributed by atoms with E-state index < -0.39 is 0 Å². The molecule has 5 heteroatoms. The molecule has 3 rings (SSSR count). The second-order valence-electron chi connectivity index (χ2n) is 5.66. The number of fused-ring (bicyclic) bond motifs is 1. The smallest absolute Gasteiger partial charge is 0.274 e. The van der Waals surface area contributed by atoms with Gasteiger partial charge in [0, 0.05) is 18.1 Å². The summed E-state index contributed by atoms with van der Waals surface area (Å²) in [4.78, 5) is 24.6. The van der Waals surface area contributed by atoms with Gasteiger partial charge in [-0.1, -0.05) is 43.3 Å². The van der Waals surface area contributed by atoms with Crippen molar-refractivity contribution in [2.24, 2.45) is 7.05 Å². The molecule has 2 aromatic carbocycles. The summed E-state index contributed by atoms with van der Waals surface area (Å²) in [7, 11) is 1.60. The van der Waals surface area contributed by atoms with Crippen LogP contribution in [-0.4, -0.2) is 15.7 Å². The summed E-state index contributed by atoms with van der Waals surface area (Å²) < 4.78 is 1.28. The lowest BCUT2D eigenvalue weighted by Gasteiger charge is -2.11. The molecule has 0 spiro atoms. The number of nitrogens with zero attached hydrogens (tertiary/aromatic N) is 2. The SMILES string of the molecule is CCc1ccccc1NC(=O)Cc1nn(C)c(=O)c2ccccc12. The number of aromatic nitrogens is 2. The van der Waals surface area contributed by atoms with Crippen molar-refractivity contribution < 1.29 is 4.79 Å². The molecule has 0 fully saturated rings. The first-order valence-electron chi connectivity index (χ1n) is 7.93. The maximum absolute atomic E-state index is 12.5. The lowest BCUT2D eigenvalue weighted by molar-refractivity contribution is -0.115. The standard InChI is InChI=1S/C19H19N3O2/c1-3-13-8-4-7-11-16(13)20-18(23)12-17-14-9-5-6-10-15(14)19(24)22(2)21-17/h4-11H,3,12H2,1-2H3,(H,20,23). The summed E-state index contributed by atoms with van der Waals surface area (Å²) in [6.07, 6.45) is 0.962. The first-order valence-corrected chi connectivity index (χ1v) is 7.93. The summed E-state index contributed by atoms with van der Waals surface area (Å²) in [6.45, 7) is 2.05. The van der Waals surface area contributed by atoms with E-state index in [1.54, 1.807) is 13.1 Å². The van der Waals surface area contributed by atoms with Gasteiger partial charge in [-0.3, -0.25) is 9.59 Å². The molecule has 0 atom stereocenters. The van der Waals surface area contributed by atoms with Crippen molar-refractivity contribution in [3.8, 4) is 0 Å². The number of amides is 1. The molecule has 1 amide bonds. The Morgan fingerprint density at radius 2 is 1.75 bits per heavy atom. The molecule has 1 aromatic heterocycles. The first kappa shape index (κ1) is 15.9. The highest BCUT2D eigenvalue weighted by molar-refractivity contribution is 5.95. The van der Waals surface area contributed by atoms with E-state index in [0.717, 1.165) is 23.1 Å². The van der Waals surface area contributed by atoms with Crippen molar-refractivity contribution in [1.82, 2.24) is 9.78 Å². The quantitative estimate of drug-likeness (QED) is 0.803. The molecule has 0 radical (unpaired) electrons. The number of carbonyl (C=O) groups is 1. The molecule has 0 aliphatic heterocycles. The molecule has 3 aromatic rings. The fourth-order valence-electron chi connectivity index (χ4n) is 2.80. The summed E-state index contributed by atoms with van der Waals surface area (Å²) >= 11 is 0. The molecule has 0 unspecified atom stereocenters. The summed E-state index contributed by atoms with van der Waals surface area (Å²) in [6, 6.07) is 15.0. The number of para-hydroxylation sites is 1. The van der Waals surface area contributed by atoms with Crippen LogP contribution >= 0.6 is 0 Å². The van der Waals surface area contributed by atoms with E-state index >= 15 is 0 Å². The summed E-state index contributed by atoms with van der Waals surface area (Å²) in [5.41, 5.74) is 2.34. The molecule has 1 heterocycles. The minimum absolute atomic E-state index is 0.118. The average Bonchev–Trinajstić information content (AvgIpc) is 2.60. The molecule has 24 heavy (non-hydrogen) atoms. The van der Waals surface area contributed by atoms with Crippen LogP contribution in [-0.2, 0) is 24.7 Å². The number of nitrogens with one attached hydrogen (secondary N) is 1. The predicted octanol–water partition coefficient (Wildman–Crippen LogP) is 2.68. The molecule has 0 aliphatic rings. The lowest BCUT2D eigenvalue weighted by atomic mass is 10.1. The van der Waals surface area contributed by atoms with Gasteiger partial charge in [-0.05, 0) is 24.1 Å². The van der Waals surface area contributed by atoms with Crippen molar-refractivity contribution in [1.29, 1.82) is 0 Å². The number of anilines is 1. The van der Waals surface area contributed by atoms with Gasteiger partial charge in [-0.2, -0.15) is 5.10 Å². The largest absolute Gasteiger partial charge is 0.325 e. The van der Waals surface area contributed by atoms with E-state index in [1.165, 1.54) is 4.68 Å². The van der Waals surface area contributed by atoms with E-state index in [2.05, 4.69) is 10.4 Å². The van der Waals surface area contributed by atoms with Crippen LogP contribution in [0.15, 0.2) is 53.3 Å². The molecular formula is C19H19N3O2. The average molecular weight is 321 g/mol. The van der Waals surface area contributed by atoms with Crippen LogP contribution in [0.25, 0.3) is 10.8 Å². The Kier molecular flexibility index (Phi) is 4.42. The Labute approximate surface area is 139 Å². The highest BCUT2D eigenvalue weighted by atomic mass is 16.1. The number of aryl methyl sites for hydroxylation is 2. The van der Waals surface area contributed by atoms with Crippen molar-refractivity contribution in [2.45, 2.75) is 19.8 Å². The number of benzene rings is 2. The zero-order chi connectivity index (χ0) is 17.1. The zero-order valence-corrected chi connectivity index (χ0v) is 13.7. The highest BCUT2D eigenvalue weighted by Crippen LogP contribution is 2.17. The third kappa shape index (κ3) is 3.06. The maximum atomic E-state index is 12.5. The van der Waals surface area contributed by atoms with Gasteiger partial charge < -0.3 is 5.32 Å². The Bertz CT molecular complexity index is 960. The topological polar surface area (TPSA) is 64.0 Å². The molecule has 1 N–H and O–H groups in total. The van der Waals surface area contributed by atoms with Crippen LogP contribution in [0, 0.1) is 0 Å². The Morgan fingerprint density at radius 3 is 2.50 bits per heavy atom. The van der Waals surface area contributed by atoms with Crippen molar-refractivity contribution >= 4 is 22.4 Å². The van der Waals surface area contributed by atoms with Crippen LogP contribution < -0.4 is 10.9 Å². The molecule has 0 saturated heterocycles. The van der Waals surface area contributed by atoms with E-state index in [9.17, 15) is 9.59 Å². The molecule has 0 aliphatic carbocycles. The Balaban J connectivity index is 1.91. The molecule has 0 bridgehead atoms. The minimum Gasteiger partial charge on any atom is -0.325 e. The van der Waals surface area contributed by atoms with E-state index in [-0.39, 0.29) is 17.9 Å². The van der Waals surface area contributed by atoms with Crippen LogP contribution in [0.2, 0.25) is 0 Å². The molecule has 5 nitrogen and oxygen atoms in total. The van der Waals surface area contributed by atoms with Gasteiger partial charge in [0.25, 0.3) is 5.56 Å². The van der Waals surface area contributed by atoms with Gasteiger partial charge in [0.05, 0.1) is 17.5 Å². The number of hydrogen-bond acceptors (Lipinski definition) is 3. The fourth-order valence-corrected chi connectivity index (χ4v) is 2.80. The third-order valence-electron chi connectivity index (χ3n) is 4.03. The van der Waals surface area contributed by atoms with Crippen LogP contribution in [0.3, 0.4) is 0 Å². The van der Waals surface area contributed by atoms with Gasteiger partial charge in [0.1, 0.15) is 0 Å². The fraction of sp³-hybridized carbons (Fsp3) is 0.211. The summed E-state index contributed by atoms with van der Waals surface area (Å²) in [5.74, 6) is -0.146. The third-order valence-corrected chi connectivity index (χ3v) is 4.03. The van der Waals surface area contributed by atoms with E-state index in [0.29, 0.717) is 11.1 Å². The predicted molar refractivity (Wildman–Crippen MR) is 95.1 cm³/mol. The van der Waals surface area contributed by atoms with Crippen LogP contribution in [0.4, 0.5) is 5.69 Å². The second kappa shape index (κ2) is 6.66. The van der Waals surface area contributed by atoms with Crippen LogP contribution in [0.5, 0.6) is 0 Å². The van der Waals surface area contributed by atoms with Crippen LogP contribution in [0.1, 0.15) is 18.2 Å². The number of hydrogen-bond donors (Lipinski definition) is 1. The monoisotopic (exact) mass is 321 g/mol. The number of rotatable bonds is 4. The van der Waals surface area contributed by atoms with Gasteiger partial charge in [0.2, 0.25) is 5.91 Å². The van der Waals surface area contributed by atoms with Gasteiger partial charge >= 0.3 is 0 Å². The Hall–Kier alpha value is -2.95. The van der Waals surface area contributed by atoms with Crippen molar-refractivity contribution in [3.05, 3.63) is 70.1 Å². The van der Waals surface area contributed by atoms with Crippen molar-refractivity contribution in [3.63, 3.8) is 0 Å². The van der Waals surface area contributed by atoms with E-state index in [4.69, 9.17) is 0 Å². The molecule has 122 valence electrons. The van der Waals surface area contributed by atoms with Gasteiger partial charge in [0.15, 0.2) is 0 Å². The lowest BCUT2D eigenvalue weighted by Crippen LogP contribution is -2.24. The highest BCUT2D eigenvalue weighted by Gasteiger charge is 2.13. The zero-order valence-electron chi connectivity index (χ0n) is 13.7. The Morgan fingerprint density at radius 1 is 1.08 bits per heavy atom. The minimum atomic E-state index is -0.161. The normalized spacial score (nSPS) is 10.8. The molecule has 0 saturated carbocycles. The van der Waals surface area contributed by atoms with Crippen molar-refractivity contribution in [2.75, 3.05) is 5.32 Å². The number of carbonyl (C=O) groups excluding carboxylic acids is 1.